The maximum absolute atomic E-state index is 12.8. The first-order chi connectivity index (χ1) is 15.8. The molecule has 0 aliphatic carbocycles. The molecule has 2 heterocycles. The highest BCUT2D eigenvalue weighted by Crippen LogP contribution is 2.21. The normalized spacial score (nSPS) is 14.5. The summed E-state index contributed by atoms with van der Waals surface area (Å²) in [7, 11) is 3.95. The molecule has 168 valence electrons. The van der Waals surface area contributed by atoms with Crippen LogP contribution in [0, 0.1) is 6.92 Å². The number of anilines is 2. The summed E-state index contributed by atoms with van der Waals surface area (Å²) < 4.78 is 1.92. The van der Waals surface area contributed by atoms with Gasteiger partial charge in [-0.3, -0.25) is 9.59 Å². The number of carbonyl (C=O) groups excluding carboxylic acids is 3. The van der Waals surface area contributed by atoms with E-state index in [1.54, 1.807) is 18.2 Å². The first-order valence-electron chi connectivity index (χ1n) is 10.5. The van der Waals surface area contributed by atoms with E-state index in [1.165, 1.54) is 0 Å². The molecule has 1 fully saturated rings. The van der Waals surface area contributed by atoms with Crippen LogP contribution in [0.2, 0.25) is 0 Å². The number of rotatable bonds is 6. The van der Waals surface area contributed by atoms with Crippen LogP contribution in [-0.2, 0) is 9.59 Å². The van der Waals surface area contributed by atoms with E-state index in [0.717, 1.165) is 27.5 Å². The number of carbonyl (C=O) groups is 3. The monoisotopic (exact) mass is 443 g/mol. The Morgan fingerprint density at radius 1 is 1.03 bits per heavy atom. The topological polar surface area (TPSA) is 86.7 Å². The van der Waals surface area contributed by atoms with Crippen LogP contribution in [-0.4, -0.2) is 48.0 Å². The second-order valence-electron chi connectivity index (χ2n) is 8.01. The zero-order chi connectivity index (χ0) is 23.5. The Balaban J connectivity index is 1.48. The molecule has 0 saturated carbocycles. The Morgan fingerprint density at radius 3 is 2.39 bits per heavy atom. The van der Waals surface area contributed by atoms with Crippen LogP contribution in [0.4, 0.5) is 16.2 Å². The molecular weight excluding hydrogens is 418 g/mol. The Labute approximate surface area is 192 Å². The maximum Gasteiger partial charge on any atom is 0.329 e. The largest absolute Gasteiger partial charge is 0.378 e. The van der Waals surface area contributed by atoms with Gasteiger partial charge in [0, 0.05) is 43.0 Å². The predicted molar refractivity (Wildman–Crippen MR) is 128 cm³/mol. The lowest BCUT2D eigenvalue weighted by Crippen LogP contribution is -2.38. The molecule has 8 heteroatoms. The number of nitrogens with one attached hydrogen (secondary N) is 2. The zero-order valence-corrected chi connectivity index (χ0v) is 18.7. The third kappa shape index (κ3) is 4.79. The number of benzene rings is 2. The molecule has 0 radical (unpaired) electrons. The molecule has 1 aliphatic rings. The first kappa shape index (κ1) is 21.9. The van der Waals surface area contributed by atoms with Crippen molar-refractivity contribution >= 4 is 35.3 Å². The molecule has 1 aromatic heterocycles. The highest BCUT2D eigenvalue weighted by atomic mass is 16.2. The summed E-state index contributed by atoms with van der Waals surface area (Å²) in [6.07, 6.45) is 3.49. The third-order valence-electron chi connectivity index (χ3n) is 5.32. The fraction of sp³-hybridized carbons (Fsp3) is 0.160. The molecular formula is C25H25N5O3. The molecule has 1 aliphatic heterocycles. The fourth-order valence-electron chi connectivity index (χ4n) is 3.50. The van der Waals surface area contributed by atoms with Crippen molar-refractivity contribution in [3.8, 4) is 5.69 Å². The standard InChI is InChI=1S/C25H25N5O3/c1-17-6-8-18(9-7-17)26-23(31)16-30-24(32)22(27-25(30)33)15-21-5-4-14-29(21)20-12-10-19(11-13-20)28(2)3/h4-15H,16H2,1-3H3,(H,26,31)(H,27,33)/b22-15-. The molecule has 0 bridgehead atoms. The van der Waals surface area contributed by atoms with E-state index in [4.69, 9.17) is 0 Å². The number of nitrogens with zero attached hydrogens (tertiary/aromatic N) is 3. The summed E-state index contributed by atoms with van der Waals surface area (Å²) in [4.78, 5) is 40.5. The van der Waals surface area contributed by atoms with Crippen LogP contribution >= 0.6 is 0 Å². The third-order valence-corrected chi connectivity index (χ3v) is 5.32. The van der Waals surface area contributed by atoms with Crippen molar-refractivity contribution in [3.05, 3.63) is 83.8 Å². The van der Waals surface area contributed by atoms with Crippen molar-refractivity contribution in [3.63, 3.8) is 0 Å². The number of urea groups is 1. The molecule has 1 saturated heterocycles. The van der Waals surface area contributed by atoms with Crippen molar-refractivity contribution in [2.45, 2.75) is 6.92 Å². The Hall–Kier alpha value is -4.33. The van der Waals surface area contributed by atoms with Gasteiger partial charge in [0.25, 0.3) is 5.91 Å². The van der Waals surface area contributed by atoms with Crippen molar-refractivity contribution in [2.24, 2.45) is 0 Å². The molecule has 8 nitrogen and oxygen atoms in total. The highest BCUT2D eigenvalue weighted by Gasteiger charge is 2.35. The summed E-state index contributed by atoms with van der Waals surface area (Å²) in [5, 5.41) is 5.27. The van der Waals surface area contributed by atoms with Crippen molar-refractivity contribution in [1.29, 1.82) is 0 Å². The van der Waals surface area contributed by atoms with E-state index in [2.05, 4.69) is 10.6 Å². The average Bonchev–Trinajstić information content (AvgIpc) is 3.35. The Morgan fingerprint density at radius 2 is 1.73 bits per heavy atom. The van der Waals surface area contributed by atoms with Crippen LogP contribution in [0.25, 0.3) is 11.8 Å². The van der Waals surface area contributed by atoms with Gasteiger partial charge in [0.05, 0.1) is 0 Å². The van der Waals surface area contributed by atoms with Gasteiger partial charge in [0.1, 0.15) is 12.2 Å². The lowest BCUT2D eigenvalue weighted by Gasteiger charge is -2.14. The number of imide groups is 1. The molecule has 3 aromatic rings. The fourth-order valence-corrected chi connectivity index (χ4v) is 3.50. The number of hydrogen-bond acceptors (Lipinski definition) is 4. The van der Waals surface area contributed by atoms with Gasteiger partial charge < -0.3 is 20.1 Å². The summed E-state index contributed by atoms with van der Waals surface area (Å²) in [5.41, 5.74) is 4.50. The van der Waals surface area contributed by atoms with Gasteiger partial charge in [0.15, 0.2) is 0 Å². The molecule has 0 unspecified atom stereocenters. The first-order valence-corrected chi connectivity index (χ1v) is 10.5. The van der Waals surface area contributed by atoms with Gasteiger partial charge in [-0.2, -0.15) is 0 Å². The van der Waals surface area contributed by atoms with E-state index in [-0.39, 0.29) is 12.2 Å². The minimum atomic E-state index is -0.626. The number of hydrogen-bond donors (Lipinski definition) is 2. The smallest absolute Gasteiger partial charge is 0.329 e. The van der Waals surface area contributed by atoms with E-state index in [1.807, 2.05) is 85.2 Å². The second kappa shape index (κ2) is 9.04. The van der Waals surface area contributed by atoms with Crippen LogP contribution < -0.4 is 15.5 Å². The van der Waals surface area contributed by atoms with Crippen molar-refractivity contribution in [2.75, 3.05) is 30.9 Å². The summed E-state index contributed by atoms with van der Waals surface area (Å²) in [6.45, 7) is 1.57. The lowest BCUT2D eigenvalue weighted by molar-refractivity contribution is -0.127. The quantitative estimate of drug-likeness (QED) is 0.452. The second-order valence-corrected chi connectivity index (χ2v) is 8.01. The zero-order valence-electron chi connectivity index (χ0n) is 18.7. The Bertz CT molecular complexity index is 1220. The molecule has 4 amide bonds. The molecule has 0 atom stereocenters. The number of aryl methyl sites for hydroxylation is 1. The minimum absolute atomic E-state index is 0.119. The van der Waals surface area contributed by atoms with E-state index in [0.29, 0.717) is 5.69 Å². The van der Waals surface area contributed by atoms with Crippen molar-refractivity contribution < 1.29 is 14.4 Å². The van der Waals surface area contributed by atoms with Gasteiger partial charge in [-0.25, -0.2) is 9.69 Å². The minimum Gasteiger partial charge on any atom is -0.378 e. The predicted octanol–water partition coefficient (Wildman–Crippen LogP) is 3.38. The van der Waals surface area contributed by atoms with Gasteiger partial charge >= 0.3 is 6.03 Å². The SMILES string of the molecule is Cc1ccc(NC(=O)CN2C(=O)N/C(=C\c3cccn3-c3ccc(N(C)C)cc3)C2=O)cc1. The van der Waals surface area contributed by atoms with Gasteiger partial charge in [-0.05, 0) is 61.5 Å². The van der Waals surface area contributed by atoms with E-state index < -0.39 is 17.8 Å². The lowest BCUT2D eigenvalue weighted by atomic mass is 10.2. The van der Waals surface area contributed by atoms with E-state index in [9.17, 15) is 14.4 Å². The van der Waals surface area contributed by atoms with Gasteiger partial charge in [0.2, 0.25) is 5.91 Å². The molecule has 33 heavy (non-hydrogen) atoms. The van der Waals surface area contributed by atoms with Crippen LogP contribution in [0.5, 0.6) is 0 Å². The van der Waals surface area contributed by atoms with Crippen LogP contribution in [0.15, 0.2) is 72.6 Å². The number of aromatic nitrogens is 1. The van der Waals surface area contributed by atoms with Gasteiger partial charge in [-0.15, -0.1) is 0 Å². The maximum atomic E-state index is 12.8. The van der Waals surface area contributed by atoms with Crippen molar-refractivity contribution in [1.82, 2.24) is 14.8 Å². The molecule has 4 rings (SSSR count). The summed E-state index contributed by atoms with van der Waals surface area (Å²) >= 11 is 0. The highest BCUT2D eigenvalue weighted by molar-refractivity contribution is 6.15. The summed E-state index contributed by atoms with van der Waals surface area (Å²) in [6, 6.07) is 18.3. The average molecular weight is 444 g/mol. The van der Waals surface area contributed by atoms with Crippen LogP contribution in [0.3, 0.4) is 0 Å². The van der Waals surface area contributed by atoms with E-state index >= 15 is 0 Å². The molecule has 2 N–H and O–H groups in total. The van der Waals surface area contributed by atoms with Gasteiger partial charge in [-0.1, -0.05) is 17.7 Å². The molecule has 2 aromatic carbocycles. The Kier molecular flexibility index (Phi) is 5.99. The molecule has 0 spiro atoms. The number of amides is 4. The summed E-state index contributed by atoms with van der Waals surface area (Å²) in [5.74, 6) is -0.997. The van der Waals surface area contributed by atoms with Crippen LogP contribution in [0.1, 0.15) is 11.3 Å².